The van der Waals surface area contributed by atoms with E-state index in [1.165, 1.54) is 11.1 Å². The Morgan fingerprint density at radius 1 is 1.00 bits per heavy atom. The number of aromatic nitrogens is 2. The normalized spacial score (nSPS) is 21.8. The molecule has 3 heterocycles. The average Bonchev–Trinajstić information content (AvgIpc) is 2.93. The number of carbonyl (C=O) groups excluding carboxylic acids is 1. The molecule has 0 N–H and O–H groups in total. The van der Waals surface area contributed by atoms with Crippen molar-refractivity contribution in [2.45, 2.75) is 51.1 Å². The number of hydrogen-bond donors (Lipinski definition) is 0. The van der Waals surface area contributed by atoms with Crippen molar-refractivity contribution >= 4 is 11.9 Å². The van der Waals surface area contributed by atoms with Crippen molar-refractivity contribution in [1.82, 2.24) is 14.9 Å². The third-order valence-corrected chi connectivity index (χ3v) is 6.42. The molecule has 0 bridgehead atoms. The van der Waals surface area contributed by atoms with Crippen LogP contribution in [-0.4, -0.2) is 53.6 Å². The van der Waals surface area contributed by atoms with Gasteiger partial charge in [0.2, 0.25) is 23.6 Å². The molecule has 2 aliphatic rings. The highest BCUT2D eigenvalue weighted by molar-refractivity contribution is 5.79. The van der Waals surface area contributed by atoms with Crippen LogP contribution in [0.2, 0.25) is 0 Å². The van der Waals surface area contributed by atoms with Crippen LogP contribution in [0.1, 0.15) is 43.2 Å². The molecule has 1 amide bonds. The third-order valence-electron chi connectivity index (χ3n) is 6.42. The van der Waals surface area contributed by atoms with E-state index in [2.05, 4.69) is 51.0 Å². The van der Waals surface area contributed by atoms with Gasteiger partial charge in [-0.2, -0.15) is 9.97 Å². The lowest BCUT2D eigenvalue weighted by atomic mass is 9.87. The second-order valence-corrected chi connectivity index (χ2v) is 8.28. The Balaban J connectivity index is 1.53. The van der Waals surface area contributed by atoms with Gasteiger partial charge in [0.15, 0.2) is 0 Å². The lowest BCUT2D eigenvalue weighted by Crippen LogP contribution is -2.46. The summed E-state index contributed by atoms with van der Waals surface area (Å²) in [4.78, 5) is 26.2. The lowest BCUT2D eigenvalue weighted by Gasteiger charge is -2.38. The molecule has 4 rings (SSSR count). The van der Waals surface area contributed by atoms with Gasteiger partial charge in [-0.25, -0.2) is 0 Å². The van der Waals surface area contributed by atoms with Gasteiger partial charge in [0.05, 0.1) is 20.3 Å². The van der Waals surface area contributed by atoms with Crippen LogP contribution in [-0.2, 0) is 11.3 Å². The fourth-order valence-corrected chi connectivity index (χ4v) is 4.65. The Kier molecular flexibility index (Phi) is 5.79. The zero-order valence-corrected chi connectivity index (χ0v) is 18.1. The Bertz CT molecular complexity index is 880. The van der Waals surface area contributed by atoms with Gasteiger partial charge < -0.3 is 19.3 Å². The second-order valence-electron chi connectivity index (χ2n) is 8.28. The predicted molar refractivity (Wildman–Crippen MR) is 115 cm³/mol. The molecule has 2 saturated heterocycles. The molecule has 1 aromatic heterocycles. The summed E-state index contributed by atoms with van der Waals surface area (Å²) in [6.45, 7) is 4.42. The number of aryl methyl sites for hydroxylation is 1. The molecular formula is C23H30N4O3. The van der Waals surface area contributed by atoms with Crippen LogP contribution in [0.4, 0.5) is 5.95 Å². The molecule has 0 unspecified atom stereocenters. The van der Waals surface area contributed by atoms with Crippen LogP contribution in [0.15, 0.2) is 30.3 Å². The van der Waals surface area contributed by atoms with Crippen molar-refractivity contribution in [3.63, 3.8) is 0 Å². The molecule has 2 aliphatic heterocycles. The fourth-order valence-electron chi connectivity index (χ4n) is 4.65. The molecule has 2 aromatic rings. The van der Waals surface area contributed by atoms with Crippen LogP contribution >= 0.6 is 0 Å². The zero-order chi connectivity index (χ0) is 21.1. The highest BCUT2D eigenvalue weighted by Gasteiger charge is 2.45. The molecule has 0 radical (unpaired) electrons. The fraction of sp³-hybridized carbons (Fsp3) is 0.522. The largest absolute Gasteiger partial charge is 0.481 e. The van der Waals surface area contributed by atoms with Crippen molar-refractivity contribution < 1.29 is 14.3 Å². The maximum Gasteiger partial charge on any atom is 0.231 e. The SMILES string of the molecule is COc1cc(OC)nc(N2CCC[C@]3(CCC(=O)N3Cc3ccc(C)cc3)CC2)n1. The Hall–Kier alpha value is -2.83. The molecule has 1 aromatic carbocycles. The van der Waals surface area contributed by atoms with Crippen LogP contribution in [0.5, 0.6) is 11.8 Å². The standard InChI is InChI=1S/C23H30N4O3/c1-17-5-7-18(8-6-17)16-27-21(28)9-11-23(27)10-4-13-26(14-12-23)22-24-19(29-2)15-20(25-22)30-3/h5-8,15H,4,9-14,16H2,1-3H3/t23-/m0/s1. The summed E-state index contributed by atoms with van der Waals surface area (Å²) >= 11 is 0. The number of hydrogen-bond acceptors (Lipinski definition) is 6. The number of carbonyl (C=O) groups is 1. The van der Waals surface area contributed by atoms with Gasteiger partial charge in [0.25, 0.3) is 0 Å². The topological polar surface area (TPSA) is 67.8 Å². The molecule has 0 saturated carbocycles. The average molecular weight is 411 g/mol. The first kappa shape index (κ1) is 20.4. The minimum atomic E-state index is -0.0837. The number of methoxy groups -OCH3 is 2. The summed E-state index contributed by atoms with van der Waals surface area (Å²) in [6, 6.07) is 10.2. The van der Waals surface area contributed by atoms with E-state index in [9.17, 15) is 4.79 Å². The van der Waals surface area contributed by atoms with Gasteiger partial charge in [-0.1, -0.05) is 29.8 Å². The molecule has 30 heavy (non-hydrogen) atoms. The predicted octanol–water partition coefficient (Wildman–Crippen LogP) is 3.35. The van der Waals surface area contributed by atoms with E-state index in [-0.39, 0.29) is 11.4 Å². The molecule has 1 atom stereocenters. The van der Waals surface area contributed by atoms with E-state index in [0.29, 0.717) is 30.7 Å². The first-order chi connectivity index (χ1) is 14.5. The maximum absolute atomic E-state index is 12.8. The van der Waals surface area contributed by atoms with Crippen LogP contribution in [0.25, 0.3) is 0 Å². The Morgan fingerprint density at radius 2 is 1.70 bits per heavy atom. The summed E-state index contributed by atoms with van der Waals surface area (Å²) in [6.07, 6.45) is 4.46. The number of anilines is 1. The van der Waals surface area contributed by atoms with Crippen molar-refractivity contribution in [1.29, 1.82) is 0 Å². The van der Waals surface area contributed by atoms with Crippen molar-refractivity contribution in [3.8, 4) is 11.8 Å². The minimum Gasteiger partial charge on any atom is -0.481 e. The van der Waals surface area contributed by atoms with E-state index >= 15 is 0 Å². The van der Waals surface area contributed by atoms with Crippen LogP contribution in [0.3, 0.4) is 0 Å². The van der Waals surface area contributed by atoms with Gasteiger partial charge in [0, 0.05) is 31.6 Å². The number of amides is 1. The molecule has 7 nitrogen and oxygen atoms in total. The van der Waals surface area contributed by atoms with Gasteiger partial charge in [-0.15, -0.1) is 0 Å². The zero-order valence-electron chi connectivity index (χ0n) is 18.1. The maximum atomic E-state index is 12.8. The molecule has 1 spiro atoms. The first-order valence-electron chi connectivity index (χ1n) is 10.6. The minimum absolute atomic E-state index is 0.0837. The lowest BCUT2D eigenvalue weighted by molar-refractivity contribution is -0.132. The molecule has 2 fully saturated rings. The molecule has 0 aliphatic carbocycles. The van der Waals surface area contributed by atoms with E-state index in [1.807, 2.05) is 0 Å². The van der Waals surface area contributed by atoms with Gasteiger partial charge >= 0.3 is 0 Å². The van der Waals surface area contributed by atoms with E-state index < -0.39 is 0 Å². The number of ether oxygens (including phenoxy) is 2. The number of benzene rings is 1. The molecule has 160 valence electrons. The number of likely N-dealkylation sites (tertiary alicyclic amines) is 1. The van der Waals surface area contributed by atoms with Crippen LogP contribution in [0, 0.1) is 6.92 Å². The second kappa shape index (κ2) is 8.50. The van der Waals surface area contributed by atoms with Crippen molar-refractivity contribution in [3.05, 3.63) is 41.5 Å². The molecule has 7 heteroatoms. The van der Waals surface area contributed by atoms with Crippen molar-refractivity contribution in [2.75, 3.05) is 32.2 Å². The number of rotatable bonds is 5. The van der Waals surface area contributed by atoms with E-state index in [1.54, 1.807) is 20.3 Å². The summed E-state index contributed by atoms with van der Waals surface area (Å²) in [7, 11) is 3.19. The number of nitrogens with zero attached hydrogens (tertiary/aromatic N) is 4. The summed E-state index contributed by atoms with van der Waals surface area (Å²) in [5.74, 6) is 1.88. The Labute approximate surface area is 178 Å². The van der Waals surface area contributed by atoms with E-state index in [0.717, 1.165) is 38.8 Å². The van der Waals surface area contributed by atoms with Crippen LogP contribution < -0.4 is 14.4 Å². The highest BCUT2D eigenvalue weighted by Crippen LogP contribution is 2.40. The third kappa shape index (κ3) is 4.06. The summed E-state index contributed by atoms with van der Waals surface area (Å²) in [5.41, 5.74) is 2.34. The Morgan fingerprint density at radius 3 is 2.37 bits per heavy atom. The van der Waals surface area contributed by atoms with Gasteiger partial charge in [0.1, 0.15) is 0 Å². The monoisotopic (exact) mass is 410 g/mol. The van der Waals surface area contributed by atoms with Gasteiger partial charge in [-0.3, -0.25) is 4.79 Å². The quantitative estimate of drug-likeness (QED) is 0.753. The molecular weight excluding hydrogens is 380 g/mol. The van der Waals surface area contributed by atoms with Crippen molar-refractivity contribution in [2.24, 2.45) is 0 Å². The smallest absolute Gasteiger partial charge is 0.231 e. The first-order valence-corrected chi connectivity index (χ1v) is 10.6. The van der Waals surface area contributed by atoms with Gasteiger partial charge in [-0.05, 0) is 38.2 Å². The summed E-state index contributed by atoms with van der Waals surface area (Å²) in [5, 5.41) is 0. The van der Waals surface area contributed by atoms with E-state index in [4.69, 9.17) is 9.47 Å². The summed E-state index contributed by atoms with van der Waals surface area (Å²) < 4.78 is 10.6. The highest BCUT2D eigenvalue weighted by atomic mass is 16.5.